The van der Waals surface area contributed by atoms with Crippen molar-refractivity contribution < 1.29 is 24.1 Å². The first-order chi connectivity index (χ1) is 7.45. The zero-order chi connectivity index (χ0) is 12.3. The zero-order valence-electron chi connectivity index (χ0n) is 9.03. The molecule has 0 amide bonds. The highest BCUT2D eigenvalue weighted by molar-refractivity contribution is 5.68. The summed E-state index contributed by atoms with van der Waals surface area (Å²) in [5, 5.41) is 18.1. The van der Waals surface area contributed by atoms with Crippen LogP contribution in [-0.4, -0.2) is 23.3 Å². The third-order valence-corrected chi connectivity index (χ3v) is 2.16. The number of aliphatic carboxylic acids is 1. The van der Waals surface area contributed by atoms with E-state index in [1.165, 1.54) is 13.2 Å². The van der Waals surface area contributed by atoms with Crippen LogP contribution in [0.4, 0.5) is 4.39 Å². The summed E-state index contributed by atoms with van der Waals surface area (Å²) < 4.78 is 18.5. The summed E-state index contributed by atoms with van der Waals surface area (Å²) in [4.78, 5) is 10.4. The van der Waals surface area contributed by atoms with E-state index in [1.807, 2.05) is 0 Å². The van der Waals surface area contributed by atoms with Gasteiger partial charge in [0.2, 0.25) is 0 Å². The summed E-state index contributed by atoms with van der Waals surface area (Å²) in [6.07, 6.45) is -1.97. The number of carboxylic acid groups (broad SMARTS) is 1. The molecule has 0 bridgehead atoms. The lowest BCUT2D eigenvalue weighted by atomic mass is 10.0. The van der Waals surface area contributed by atoms with Crippen molar-refractivity contribution >= 4 is 5.97 Å². The fourth-order valence-corrected chi connectivity index (χ4v) is 1.48. The molecule has 1 rings (SSSR count). The van der Waals surface area contributed by atoms with Gasteiger partial charge in [-0.05, 0) is 24.6 Å². The number of methoxy groups -OCH3 is 1. The Bertz CT molecular complexity index is 403. The molecule has 0 saturated carbocycles. The van der Waals surface area contributed by atoms with Gasteiger partial charge in [-0.2, -0.15) is 0 Å². The number of carboxylic acids is 1. The van der Waals surface area contributed by atoms with Crippen LogP contribution in [0, 0.1) is 12.7 Å². The Kier molecular flexibility index (Phi) is 3.84. The molecule has 0 aliphatic heterocycles. The molecular weight excluding hydrogens is 215 g/mol. The van der Waals surface area contributed by atoms with Crippen LogP contribution in [0.2, 0.25) is 0 Å². The molecule has 5 heteroatoms. The molecule has 0 fully saturated rings. The largest absolute Gasteiger partial charge is 0.496 e. The van der Waals surface area contributed by atoms with Gasteiger partial charge in [0.05, 0.1) is 25.2 Å². The number of aliphatic hydroxyl groups is 1. The zero-order valence-corrected chi connectivity index (χ0v) is 9.03. The normalized spacial score (nSPS) is 12.2. The lowest BCUT2D eigenvalue weighted by molar-refractivity contribution is -0.139. The number of hydrogen-bond acceptors (Lipinski definition) is 3. The van der Waals surface area contributed by atoms with E-state index in [2.05, 4.69) is 0 Å². The maximum Gasteiger partial charge on any atom is 0.306 e. The van der Waals surface area contributed by atoms with Crippen LogP contribution in [0.15, 0.2) is 12.1 Å². The number of aryl methyl sites for hydroxylation is 1. The fourth-order valence-electron chi connectivity index (χ4n) is 1.48. The van der Waals surface area contributed by atoms with Crippen molar-refractivity contribution in [3.8, 4) is 5.75 Å². The van der Waals surface area contributed by atoms with Crippen LogP contribution >= 0.6 is 0 Å². The van der Waals surface area contributed by atoms with E-state index in [-0.39, 0.29) is 11.3 Å². The van der Waals surface area contributed by atoms with Crippen LogP contribution in [0.25, 0.3) is 0 Å². The molecule has 1 aromatic rings. The van der Waals surface area contributed by atoms with Gasteiger partial charge < -0.3 is 14.9 Å². The highest BCUT2D eigenvalue weighted by Gasteiger charge is 2.21. The molecule has 0 spiro atoms. The number of hydrogen-bond donors (Lipinski definition) is 2. The van der Waals surface area contributed by atoms with Crippen molar-refractivity contribution in [2.45, 2.75) is 19.4 Å². The first-order valence-corrected chi connectivity index (χ1v) is 4.69. The molecule has 88 valence electrons. The van der Waals surface area contributed by atoms with Crippen molar-refractivity contribution in [1.29, 1.82) is 0 Å². The molecule has 2 N–H and O–H groups in total. The van der Waals surface area contributed by atoms with Gasteiger partial charge in [-0.15, -0.1) is 0 Å². The van der Waals surface area contributed by atoms with Crippen molar-refractivity contribution in [3.05, 3.63) is 29.1 Å². The maximum absolute atomic E-state index is 13.6. The van der Waals surface area contributed by atoms with E-state index in [1.54, 1.807) is 13.0 Å². The van der Waals surface area contributed by atoms with Crippen molar-refractivity contribution in [2.24, 2.45) is 0 Å². The fraction of sp³-hybridized carbons (Fsp3) is 0.364. The number of carbonyl (C=O) groups is 1. The Balaban J connectivity index is 3.15. The molecule has 4 nitrogen and oxygen atoms in total. The summed E-state index contributed by atoms with van der Waals surface area (Å²) in [5.74, 6) is -1.70. The number of benzene rings is 1. The van der Waals surface area contributed by atoms with Crippen molar-refractivity contribution in [2.75, 3.05) is 7.11 Å². The standard InChI is InChI=1S/C11H13FO4/c1-6-3-7(12)11(9(4-6)16-2)8(13)5-10(14)15/h3-4,8,13H,5H2,1-2H3,(H,14,15)/t8-/m1/s1. The molecule has 0 saturated heterocycles. The Hall–Kier alpha value is -1.62. The predicted octanol–water partition coefficient (Wildman–Crippen LogP) is 1.65. The maximum atomic E-state index is 13.6. The van der Waals surface area contributed by atoms with Crippen LogP contribution < -0.4 is 4.74 Å². The lowest BCUT2D eigenvalue weighted by Gasteiger charge is -2.14. The number of rotatable bonds is 4. The minimum Gasteiger partial charge on any atom is -0.496 e. The molecule has 1 atom stereocenters. The Morgan fingerprint density at radius 2 is 2.19 bits per heavy atom. The summed E-state index contributed by atoms with van der Waals surface area (Å²) in [7, 11) is 1.34. The van der Waals surface area contributed by atoms with Gasteiger partial charge in [0.1, 0.15) is 11.6 Å². The first-order valence-electron chi connectivity index (χ1n) is 4.69. The second kappa shape index (κ2) is 4.94. The van der Waals surface area contributed by atoms with Crippen molar-refractivity contribution in [3.63, 3.8) is 0 Å². The van der Waals surface area contributed by atoms with E-state index < -0.39 is 24.3 Å². The van der Waals surface area contributed by atoms with Gasteiger partial charge in [-0.25, -0.2) is 4.39 Å². The quantitative estimate of drug-likeness (QED) is 0.822. The molecule has 0 unspecified atom stereocenters. The van der Waals surface area contributed by atoms with E-state index in [9.17, 15) is 14.3 Å². The molecule has 0 aliphatic carbocycles. The summed E-state index contributed by atoms with van der Waals surface area (Å²) >= 11 is 0. The van der Waals surface area contributed by atoms with Crippen LogP contribution in [0.5, 0.6) is 5.75 Å². The van der Waals surface area contributed by atoms with Crippen LogP contribution in [0.1, 0.15) is 23.7 Å². The average Bonchev–Trinajstić information content (AvgIpc) is 2.14. The van der Waals surface area contributed by atoms with Gasteiger partial charge in [-0.3, -0.25) is 4.79 Å². The topological polar surface area (TPSA) is 66.8 Å². The van der Waals surface area contributed by atoms with Gasteiger partial charge in [-0.1, -0.05) is 0 Å². The number of halogens is 1. The SMILES string of the molecule is COc1cc(C)cc(F)c1[C@H](O)CC(=O)O. The highest BCUT2D eigenvalue weighted by Crippen LogP contribution is 2.31. The predicted molar refractivity (Wildman–Crippen MR) is 54.9 cm³/mol. The highest BCUT2D eigenvalue weighted by atomic mass is 19.1. The monoisotopic (exact) mass is 228 g/mol. The third kappa shape index (κ3) is 2.70. The molecule has 0 radical (unpaired) electrons. The Morgan fingerprint density at radius 3 is 2.69 bits per heavy atom. The van der Waals surface area contributed by atoms with Crippen LogP contribution in [0.3, 0.4) is 0 Å². The Labute approximate surface area is 92.3 Å². The van der Waals surface area contributed by atoms with Crippen LogP contribution in [-0.2, 0) is 4.79 Å². The molecule has 1 aromatic carbocycles. The number of ether oxygens (including phenoxy) is 1. The molecule has 0 aliphatic rings. The van der Waals surface area contributed by atoms with E-state index in [4.69, 9.17) is 9.84 Å². The van der Waals surface area contributed by atoms with Gasteiger partial charge in [0, 0.05) is 0 Å². The minimum atomic E-state index is -1.41. The average molecular weight is 228 g/mol. The summed E-state index contributed by atoms with van der Waals surface area (Å²) in [5.41, 5.74) is 0.524. The van der Waals surface area contributed by atoms with Gasteiger partial charge in [0.25, 0.3) is 0 Å². The number of aliphatic hydroxyl groups excluding tert-OH is 1. The second-order valence-electron chi connectivity index (χ2n) is 3.48. The van der Waals surface area contributed by atoms with E-state index in [0.29, 0.717) is 5.56 Å². The van der Waals surface area contributed by atoms with E-state index >= 15 is 0 Å². The minimum absolute atomic E-state index is 0.115. The molecular formula is C11H13FO4. The molecule has 16 heavy (non-hydrogen) atoms. The van der Waals surface area contributed by atoms with Crippen molar-refractivity contribution in [1.82, 2.24) is 0 Å². The van der Waals surface area contributed by atoms with Gasteiger partial charge >= 0.3 is 5.97 Å². The third-order valence-electron chi connectivity index (χ3n) is 2.16. The smallest absolute Gasteiger partial charge is 0.306 e. The van der Waals surface area contributed by atoms with Gasteiger partial charge in [0.15, 0.2) is 0 Å². The second-order valence-corrected chi connectivity index (χ2v) is 3.48. The molecule has 0 aromatic heterocycles. The molecule has 0 heterocycles. The lowest BCUT2D eigenvalue weighted by Crippen LogP contribution is -2.09. The summed E-state index contributed by atoms with van der Waals surface area (Å²) in [6, 6.07) is 2.77. The van der Waals surface area contributed by atoms with E-state index in [0.717, 1.165) is 0 Å². The Morgan fingerprint density at radius 1 is 1.56 bits per heavy atom. The summed E-state index contributed by atoms with van der Waals surface area (Å²) in [6.45, 7) is 1.68. The first kappa shape index (κ1) is 12.4.